The predicted molar refractivity (Wildman–Crippen MR) is 75.3 cm³/mol. The molecule has 0 aromatic carbocycles. The topological polar surface area (TPSA) is 101 Å². The monoisotopic (exact) mass is 290 g/mol. The highest BCUT2D eigenvalue weighted by atomic mass is 19.1. The second kappa shape index (κ2) is 7.13. The lowest BCUT2D eigenvalue weighted by molar-refractivity contribution is 0.317. The first-order valence-electron chi connectivity index (χ1n) is 6.27. The van der Waals surface area contributed by atoms with E-state index >= 15 is 0 Å². The molecule has 0 bridgehead atoms. The van der Waals surface area contributed by atoms with Gasteiger partial charge in [-0.15, -0.1) is 0 Å². The number of halogens is 1. The van der Waals surface area contributed by atoms with E-state index in [0.29, 0.717) is 25.5 Å². The van der Waals surface area contributed by atoms with Gasteiger partial charge in [-0.25, -0.2) is 14.4 Å². The van der Waals surface area contributed by atoms with Crippen LogP contribution in [0.15, 0.2) is 42.1 Å². The quantitative estimate of drug-likeness (QED) is 0.358. The summed E-state index contributed by atoms with van der Waals surface area (Å²) in [5.74, 6) is -0.0317. The van der Waals surface area contributed by atoms with Crippen LogP contribution < -0.4 is 10.6 Å². The van der Waals surface area contributed by atoms with Crippen molar-refractivity contribution >= 4 is 11.8 Å². The van der Waals surface area contributed by atoms with Gasteiger partial charge in [0.15, 0.2) is 5.82 Å². The average molecular weight is 290 g/mol. The molecular weight excluding hydrogens is 275 g/mol. The molecule has 8 heteroatoms. The molecule has 0 aliphatic carbocycles. The standard InChI is InChI=1S/C13H15FN6O/c14-11-7-17-13(18-8-11)20(5-3-12(15)19-21)9-10-2-1-4-16-6-10/h1-2,4,6-8,21H,3,5,9H2,(H2,15,19). The van der Waals surface area contributed by atoms with E-state index < -0.39 is 5.82 Å². The van der Waals surface area contributed by atoms with Gasteiger partial charge in [0.1, 0.15) is 5.84 Å². The Labute approximate surface area is 121 Å². The van der Waals surface area contributed by atoms with Crippen LogP contribution in [-0.2, 0) is 6.54 Å². The largest absolute Gasteiger partial charge is 0.409 e. The molecule has 7 nitrogen and oxygen atoms in total. The van der Waals surface area contributed by atoms with Gasteiger partial charge in [-0.2, -0.15) is 0 Å². The molecule has 0 saturated heterocycles. The lowest BCUT2D eigenvalue weighted by Gasteiger charge is -2.22. The van der Waals surface area contributed by atoms with E-state index in [1.165, 1.54) is 0 Å². The third-order valence-corrected chi connectivity index (χ3v) is 2.75. The molecular formula is C13H15FN6O. The molecule has 0 aliphatic heterocycles. The fraction of sp³-hybridized carbons (Fsp3) is 0.231. The molecule has 0 aliphatic rings. The minimum Gasteiger partial charge on any atom is -0.409 e. The second-order valence-electron chi connectivity index (χ2n) is 4.33. The van der Waals surface area contributed by atoms with Gasteiger partial charge in [0.2, 0.25) is 5.95 Å². The van der Waals surface area contributed by atoms with Crippen molar-refractivity contribution in [3.8, 4) is 0 Å². The molecule has 2 heterocycles. The molecule has 21 heavy (non-hydrogen) atoms. The lowest BCUT2D eigenvalue weighted by atomic mass is 10.2. The summed E-state index contributed by atoms with van der Waals surface area (Å²) in [5, 5.41) is 11.5. The number of aromatic nitrogens is 3. The maximum atomic E-state index is 12.9. The first-order chi connectivity index (χ1) is 10.2. The SMILES string of the molecule is N/C(CCN(Cc1cccnc1)c1ncc(F)cn1)=N/O. The summed E-state index contributed by atoms with van der Waals surface area (Å²) < 4.78 is 12.9. The molecule has 0 radical (unpaired) electrons. The van der Waals surface area contributed by atoms with Crippen LogP contribution in [0.3, 0.4) is 0 Å². The van der Waals surface area contributed by atoms with Gasteiger partial charge in [0.05, 0.1) is 12.4 Å². The van der Waals surface area contributed by atoms with Crippen molar-refractivity contribution in [1.29, 1.82) is 0 Å². The van der Waals surface area contributed by atoms with Crippen molar-refractivity contribution < 1.29 is 9.60 Å². The highest BCUT2D eigenvalue weighted by Gasteiger charge is 2.11. The number of hydrogen-bond donors (Lipinski definition) is 2. The fourth-order valence-electron chi connectivity index (χ4n) is 1.73. The Morgan fingerprint density at radius 2 is 2.10 bits per heavy atom. The van der Waals surface area contributed by atoms with Gasteiger partial charge >= 0.3 is 0 Å². The zero-order chi connectivity index (χ0) is 15.1. The Kier molecular flexibility index (Phi) is 4.97. The smallest absolute Gasteiger partial charge is 0.225 e. The normalized spacial score (nSPS) is 11.4. The second-order valence-corrected chi connectivity index (χ2v) is 4.33. The van der Waals surface area contributed by atoms with Crippen molar-refractivity contribution in [3.63, 3.8) is 0 Å². The molecule has 0 unspecified atom stereocenters. The van der Waals surface area contributed by atoms with E-state index in [1.54, 1.807) is 17.3 Å². The Morgan fingerprint density at radius 1 is 1.33 bits per heavy atom. The summed E-state index contributed by atoms with van der Waals surface area (Å²) >= 11 is 0. The summed E-state index contributed by atoms with van der Waals surface area (Å²) in [6.07, 6.45) is 5.93. The van der Waals surface area contributed by atoms with Crippen LogP contribution in [0.2, 0.25) is 0 Å². The van der Waals surface area contributed by atoms with Crippen LogP contribution in [0.25, 0.3) is 0 Å². The van der Waals surface area contributed by atoms with Gasteiger partial charge < -0.3 is 15.8 Å². The van der Waals surface area contributed by atoms with Crippen LogP contribution in [0.1, 0.15) is 12.0 Å². The Balaban J connectivity index is 2.15. The third-order valence-electron chi connectivity index (χ3n) is 2.75. The highest BCUT2D eigenvalue weighted by Crippen LogP contribution is 2.12. The number of amidine groups is 1. The van der Waals surface area contributed by atoms with Crippen LogP contribution in [0.5, 0.6) is 0 Å². The van der Waals surface area contributed by atoms with Crippen LogP contribution in [0, 0.1) is 5.82 Å². The van der Waals surface area contributed by atoms with Crippen LogP contribution >= 0.6 is 0 Å². The van der Waals surface area contributed by atoms with Gasteiger partial charge in [-0.1, -0.05) is 11.2 Å². The summed E-state index contributed by atoms with van der Waals surface area (Å²) in [6, 6.07) is 3.73. The molecule has 3 N–H and O–H groups in total. The fourth-order valence-corrected chi connectivity index (χ4v) is 1.73. The Bertz CT molecular complexity index is 589. The number of pyridine rings is 1. The average Bonchev–Trinajstić information content (AvgIpc) is 2.53. The van der Waals surface area contributed by atoms with Gasteiger partial charge in [-0.05, 0) is 11.6 Å². The summed E-state index contributed by atoms with van der Waals surface area (Å²) in [6.45, 7) is 0.911. The van der Waals surface area contributed by atoms with E-state index in [-0.39, 0.29) is 5.84 Å². The third kappa shape index (κ3) is 4.37. The first-order valence-corrected chi connectivity index (χ1v) is 6.27. The number of hydrogen-bond acceptors (Lipinski definition) is 6. The van der Waals surface area contributed by atoms with Gasteiger partial charge in [0.25, 0.3) is 0 Å². The number of nitrogens with two attached hydrogens (primary N) is 1. The lowest BCUT2D eigenvalue weighted by Crippen LogP contribution is -2.29. The zero-order valence-corrected chi connectivity index (χ0v) is 11.2. The van der Waals surface area contributed by atoms with E-state index in [1.807, 2.05) is 12.1 Å². The Hall–Kier alpha value is -2.77. The van der Waals surface area contributed by atoms with E-state index in [0.717, 1.165) is 18.0 Å². The van der Waals surface area contributed by atoms with Crippen molar-refractivity contribution in [2.45, 2.75) is 13.0 Å². The Morgan fingerprint density at radius 3 is 2.71 bits per heavy atom. The summed E-state index contributed by atoms with van der Waals surface area (Å²) in [5.41, 5.74) is 6.43. The van der Waals surface area contributed by atoms with E-state index in [9.17, 15) is 4.39 Å². The predicted octanol–water partition coefficient (Wildman–Crippen LogP) is 1.15. The molecule has 110 valence electrons. The molecule has 0 spiro atoms. The van der Waals surface area contributed by atoms with Gasteiger partial charge in [0, 0.05) is 31.9 Å². The van der Waals surface area contributed by atoms with Crippen molar-refractivity contribution in [3.05, 3.63) is 48.3 Å². The number of nitrogens with zero attached hydrogens (tertiary/aromatic N) is 5. The summed E-state index contributed by atoms with van der Waals surface area (Å²) in [4.78, 5) is 13.8. The van der Waals surface area contributed by atoms with Crippen LogP contribution in [0.4, 0.5) is 10.3 Å². The highest BCUT2D eigenvalue weighted by molar-refractivity contribution is 5.80. The molecule has 0 fully saturated rings. The maximum Gasteiger partial charge on any atom is 0.225 e. The number of oxime groups is 1. The number of rotatable bonds is 6. The zero-order valence-electron chi connectivity index (χ0n) is 11.2. The van der Waals surface area contributed by atoms with Crippen molar-refractivity contribution in [2.24, 2.45) is 10.9 Å². The maximum absolute atomic E-state index is 12.9. The molecule has 0 atom stereocenters. The summed E-state index contributed by atoms with van der Waals surface area (Å²) in [7, 11) is 0. The molecule has 2 rings (SSSR count). The molecule has 0 saturated carbocycles. The number of anilines is 1. The minimum absolute atomic E-state index is 0.105. The van der Waals surface area contributed by atoms with E-state index in [4.69, 9.17) is 10.9 Å². The molecule has 0 amide bonds. The van der Waals surface area contributed by atoms with Crippen LogP contribution in [-0.4, -0.2) is 32.5 Å². The van der Waals surface area contributed by atoms with Crippen molar-refractivity contribution in [2.75, 3.05) is 11.4 Å². The van der Waals surface area contributed by atoms with E-state index in [2.05, 4.69) is 20.1 Å². The molecule has 2 aromatic heterocycles. The van der Waals surface area contributed by atoms with Crippen molar-refractivity contribution in [1.82, 2.24) is 15.0 Å². The minimum atomic E-state index is -0.503. The van der Waals surface area contributed by atoms with Gasteiger partial charge in [-0.3, -0.25) is 4.98 Å². The first kappa shape index (κ1) is 14.6. The molecule has 2 aromatic rings.